The van der Waals surface area contributed by atoms with E-state index in [2.05, 4.69) is 12.0 Å². The molecule has 0 heterocycles. The summed E-state index contributed by atoms with van der Waals surface area (Å²) >= 11 is 1.54. The van der Waals surface area contributed by atoms with Crippen LogP contribution < -0.4 is 10.3 Å². The normalized spacial score (nSPS) is 10.6. The first kappa shape index (κ1) is 22.0. The van der Waals surface area contributed by atoms with Crippen LogP contribution in [0.15, 0.2) is 51.3 Å². The number of benzene rings is 2. The number of nitrogens with two attached hydrogens (primary N) is 1. The molecule has 0 aliphatic rings. The number of amides is 1. The largest absolute Gasteiger partial charge is 0.492 e. The predicted molar refractivity (Wildman–Crippen MR) is 113 cm³/mol. The molecule has 0 fully saturated rings. The number of carbonyl (C=O) groups is 1. The molecular weight excluding hydrogens is 370 g/mol. The van der Waals surface area contributed by atoms with E-state index in [1.165, 1.54) is 0 Å². The summed E-state index contributed by atoms with van der Waals surface area (Å²) in [4.78, 5) is 16.6. The zero-order chi connectivity index (χ0) is 20.5. The molecule has 2 rings (SSSR count). The van der Waals surface area contributed by atoms with Gasteiger partial charge in [0, 0.05) is 24.1 Å². The van der Waals surface area contributed by atoms with E-state index < -0.39 is 0 Å². The van der Waals surface area contributed by atoms with Gasteiger partial charge in [-0.15, -0.1) is 0 Å². The Morgan fingerprint density at radius 2 is 1.86 bits per heavy atom. The number of aryl methyl sites for hydroxylation is 1. The molecule has 0 saturated heterocycles. The molecule has 5 nitrogen and oxygen atoms in total. The van der Waals surface area contributed by atoms with Crippen LogP contribution in [0.2, 0.25) is 0 Å². The maximum atomic E-state index is 12.9. The van der Waals surface area contributed by atoms with Crippen molar-refractivity contribution in [2.75, 3.05) is 19.7 Å². The molecular formula is C22H30N3O2S+. The number of rotatable bonds is 10. The molecule has 0 aliphatic carbocycles. The minimum absolute atomic E-state index is 0.0480. The van der Waals surface area contributed by atoms with Gasteiger partial charge in [0.2, 0.25) is 0 Å². The highest BCUT2D eigenvalue weighted by molar-refractivity contribution is 7.99. The van der Waals surface area contributed by atoms with Crippen LogP contribution in [-0.4, -0.2) is 30.5 Å². The fourth-order valence-electron chi connectivity index (χ4n) is 2.84. The highest BCUT2D eigenvalue weighted by atomic mass is 32.2. The van der Waals surface area contributed by atoms with Crippen LogP contribution in [0, 0.1) is 6.92 Å². The Bertz CT molecular complexity index is 819. The molecule has 28 heavy (non-hydrogen) atoms. The third-order valence-corrected chi connectivity index (χ3v) is 5.66. The minimum Gasteiger partial charge on any atom is -0.492 e. The maximum absolute atomic E-state index is 12.9. The molecule has 150 valence electrons. The molecule has 0 saturated carbocycles. The van der Waals surface area contributed by atoms with Crippen LogP contribution in [0.1, 0.15) is 49.5 Å². The predicted octanol–water partition coefficient (Wildman–Crippen LogP) is 4.65. The quantitative estimate of drug-likeness (QED) is 0.466. The molecule has 6 heteroatoms. The van der Waals surface area contributed by atoms with E-state index in [1.54, 1.807) is 11.8 Å². The van der Waals surface area contributed by atoms with Gasteiger partial charge in [-0.2, -0.15) is 5.53 Å². The Labute approximate surface area is 172 Å². The van der Waals surface area contributed by atoms with Gasteiger partial charge >= 0.3 is 0 Å². The number of hydrogen-bond acceptors (Lipinski definition) is 4. The van der Waals surface area contributed by atoms with Gasteiger partial charge in [-0.05, 0) is 56.1 Å². The maximum Gasteiger partial charge on any atom is 0.254 e. The Morgan fingerprint density at radius 1 is 1.14 bits per heavy atom. The fourth-order valence-corrected chi connectivity index (χ4v) is 3.94. The summed E-state index contributed by atoms with van der Waals surface area (Å²) < 4.78 is 6.01. The summed E-state index contributed by atoms with van der Waals surface area (Å²) in [6.45, 7) is 10.1. The molecule has 2 aromatic rings. The summed E-state index contributed by atoms with van der Waals surface area (Å²) in [7, 11) is 0. The van der Waals surface area contributed by atoms with Crippen molar-refractivity contribution in [1.29, 1.82) is 0 Å². The van der Waals surface area contributed by atoms with Crippen LogP contribution in [-0.2, 0) is 0 Å². The van der Waals surface area contributed by atoms with Crippen molar-refractivity contribution in [2.45, 2.75) is 50.3 Å². The first-order valence-corrected chi connectivity index (χ1v) is 10.6. The molecule has 0 atom stereocenters. The van der Waals surface area contributed by atoms with Crippen molar-refractivity contribution in [1.82, 2.24) is 4.90 Å². The number of carbonyl (C=O) groups excluding carboxylic acids is 1. The first-order chi connectivity index (χ1) is 13.5. The van der Waals surface area contributed by atoms with E-state index in [0.717, 1.165) is 33.9 Å². The summed E-state index contributed by atoms with van der Waals surface area (Å²) in [5, 5.41) is 3.85. The Hall–Kier alpha value is -2.34. The summed E-state index contributed by atoms with van der Waals surface area (Å²) in [6.07, 6.45) is 2.04. The number of hydrogen-bond donors (Lipinski definition) is 1. The number of ether oxygens (including phenoxy) is 1. The molecule has 2 aromatic carbocycles. The highest BCUT2D eigenvalue weighted by Crippen LogP contribution is 2.40. The topological polar surface area (TPSA) is 67.5 Å². The van der Waals surface area contributed by atoms with Gasteiger partial charge in [0.15, 0.2) is 0 Å². The highest BCUT2D eigenvalue weighted by Gasteiger charge is 2.19. The fraction of sp³-hybridized carbons (Fsp3) is 0.409. The average molecular weight is 401 g/mol. The molecule has 0 unspecified atom stereocenters. The number of nitrogens with zero attached hydrogens (tertiary/aromatic N) is 2. The molecule has 0 radical (unpaired) electrons. The van der Waals surface area contributed by atoms with Gasteiger partial charge in [0.1, 0.15) is 11.4 Å². The van der Waals surface area contributed by atoms with E-state index in [-0.39, 0.29) is 5.91 Å². The van der Waals surface area contributed by atoms with E-state index >= 15 is 0 Å². The van der Waals surface area contributed by atoms with E-state index in [0.29, 0.717) is 30.9 Å². The van der Waals surface area contributed by atoms with Crippen molar-refractivity contribution in [3.05, 3.63) is 47.5 Å². The zero-order valence-electron chi connectivity index (χ0n) is 17.2. The first-order valence-electron chi connectivity index (χ1n) is 9.80. The Kier molecular flexibility index (Phi) is 8.51. The van der Waals surface area contributed by atoms with Gasteiger partial charge in [-0.3, -0.25) is 4.79 Å². The van der Waals surface area contributed by atoms with Crippen LogP contribution in [0.25, 0.3) is 0 Å². The van der Waals surface area contributed by atoms with Gasteiger partial charge in [-0.1, -0.05) is 37.2 Å². The zero-order valence-corrected chi connectivity index (χ0v) is 18.0. The molecule has 2 N–H and O–H groups in total. The van der Waals surface area contributed by atoms with Gasteiger partial charge < -0.3 is 9.64 Å². The van der Waals surface area contributed by atoms with E-state index in [4.69, 9.17) is 10.3 Å². The van der Waals surface area contributed by atoms with Crippen LogP contribution in [0.5, 0.6) is 5.75 Å². The second-order valence-corrected chi connectivity index (χ2v) is 7.58. The second-order valence-electron chi connectivity index (χ2n) is 6.49. The third-order valence-electron chi connectivity index (χ3n) is 4.54. The minimum atomic E-state index is 0.0480. The van der Waals surface area contributed by atoms with Crippen LogP contribution in [0.4, 0.5) is 5.69 Å². The summed E-state index contributed by atoms with van der Waals surface area (Å²) in [5.74, 6) is 0.796. The van der Waals surface area contributed by atoms with Crippen LogP contribution in [0.3, 0.4) is 0 Å². The standard InChI is InChI=1S/C22H29N3O2S/c1-5-8-13-27-19-15-18(24-23)16(4)14-21(19)28-20-12-10-9-11-17(20)22(26)25(6-2)7-3/h9-12,14-15,23H,5-8,13H2,1-4H3/p+1. The molecule has 1 amide bonds. The van der Waals surface area contributed by atoms with E-state index in [1.807, 2.05) is 62.1 Å². The van der Waals surface area contributed by atoms with Gasteiger partial charge in [-0.25, -0.2) is 0 Å². The van der Waals surface area contributed by atoms with Gasteiger partial charge in [0.05, 0.1) is 17.1 Å². The summed E-state index contributed by atoms with van der Waals surface area (Å²) in [6, 6.07) is 11.6. The monoisotopic (exact) mass is 400 g/mol. The smallest absolute Gasteiger partial charge is 0.254 e. The lowest BCUT2D eigenvalue weighted by atomic mass is 10.2. The Morgan fingerprint density at radius 3 is 2.50 bits per heavy atom. The number of unbranched alkanes of at least 4 members (excludes halogenated alkanes) is 1. The van der Waals surface area contributed by atoms with Crippen molar-refractivity contribution < 1.29 is 15.1 Å². The SMILES string of the molecule is CCCCOc1cc(N=[NH2+])c(C)cc1Sc1ccccc1C(=O)N(CC)CC. The Balaban J connectivity index is 2.41. The van der Waals surface area contributed by atoms with E-state index in [9.17, 15) is 4.79 Å². The lowest BCUT2D eigenvalue weighted by molar-refractivity contribution is -0.210. The average Bonchev–Trinajstić information content (AvgIpc) is 2.71. The van der Waals surface area contributed by atoms with Gasteiger partial charge in [0.25, 0.3) is 5.91 Å². The van der Waals surface area contributed by atoms with Crippen molar-refractivity contribution in [3.8, 4) is 5.75 Å². The molecule has 0 spiro atoms. The third kappa shape index (κ3) is 5.35. The van der Waals surface area contributed by atoms with Crippen molar-refractivity contribution in [3.63, 3.8) is 0 Å². The molecule has 0 bridgehead atoms. The second kappa shape index (κ2) is 10.9. The summed E-state index contributed by atoms with van der Waals surface area (Å²) in [5.41, 5.74) is 7.91. The van der Waals surface area contributed by atoms with Crippen LogP contribution >= 0.6 is 11.8 Å². The lowest BCUT2D eigenvalue weighted by Crippen LogP contribution is -2.30. The molecule has 0 aliphatic heterocycles. The van der Waals surface area contributed by atoms with Crippen molar-refractivity contribution in [2.24, 2.45) is 5.11 Å². The molecule has 0 aromatic heterocycles. The van der Waals surface area contributed by atoms with Crippen molar-refractivity contribution >= 4 is 23.4 Å². The lowest BCUT2D eigenvalue weighted by Gasteiger charge is -2.20.